The van der Waals surface area contributed by atoms with Gasteiger partial charge in [-0.15, -0.1) is 0 Å². The Morgan fingerprint density at radius 1 is 0.516 bits per heavy atom. The van der Waals surface area contributed by atoms with Crippen LogP contribution < -0.4 is 5.32 Å². The van der Waals surface area contributed by atoms with Crippen LogP contribution in [0.5, 0.6) is 0 Å². The Hall–Kier alpha value is -0.700. The standard InChI is InChI=1S/C28H55NO2/c1-4-5-6-7-8-9-12-15-18-21-24-29-25-22-19-16-13-10-11-14-17-20-23-28(26(2)30)27(3)31/h28-29H,4-25H2,1-3H3. The van der Waals surface area contributed by atoms with E-state index in [1.54, 1.807) is 13.8 Å². The van der Waals surface area contributed by atoms with E-state index < -0.39 is 0 Å². The minimum absolute atomic E-state index is 0.0329. The predicted octanol–water partition coefficient (Wildman–Crippen LogP) is 8.19. The second-order valence-corrected chi connectivity index (χ2v) is 9.68. The molecule has 0 aromatic carbocycles. The Labute approximate surface area is 194 Å². The Morgan fingerprint density at radius 3 is 1.19 bits per heavy atom. The quantitative estimate of drug-likeness (QED) is 0.116. The summed E-state index contributed by atoms with van der Waals surface area (Å²) < 4.78 is 0. The third-order valence-corrected chi connectivity index (χ3v) is 6.53. The first-order valence-electron chi connectivity index (χ1n) is 13.8. The molecular formula is C28H55NO2. The maximum Gasteiger partial charge on any atom is 0.140 e. The van der Waals surface area contributed by atoms with Crippen molar-refractivity contribution in [2.24, 2.45) is 5.92 Å². The highest BCUT2D eigenvalue weighted by Gasteiger charge is 2.18. The molecular weight excluding hydrogens is 382 g/mol. The molecule has 1 N–H and O–H groups in total. The maximum absolute atomic E-state index is 11.4. The molecule has 0 aliphatic carbocycles. The topological polar surface area (TPSA) is 46.2 Å². The fourth-order valence-electron chi connectivity index (χ4n) is 4.39. The summed E-state index contributed by atoms with van der Waals surface area (Å²) in [5.74, 6) is -0.283. The second kappa shape index (κ2) is 24.0. The molecule has 0 fully saturated rings. The van der Waals surface area contributed by atoms with Gasteiger partial charge >= 0.3 is 0 Å². The van der Waals surface area contributed by atoms with E-state index in [9.17, 15) is 9.59 Å². The lowest BCUT2D eigenvalue weighted by Crippen LogP contribution is -2.19. The van der Waals surface area contributed by atoms with Gasteiger partial charge in [0.25, 0.3) is 0 Å². The van der Waals surface area contributed by atoms with Gasteiger partial charge in [-0.05, 0) is 46.2 Å². The molecule has 0 heterocycles. The normalized spacial score (nSPS) is 11.4. The summed E-state index contributed by atoms with van der Waals surface area (Å²) in [7, 11) is 0. The molecule has 31 heavy (non-hydrogen) atoms. The van der Waals surface area contributed by atoms with E-state index in [-0.39, 0.29) is 17.5 Å². The van der Waals surface area contributed by atoms with Gasteiger partial charge in [-0.3, -0.25) is 9.59 Å². The number of carbonyl (C=O) groups excluding carboxylic acids is 2. The minimum atomic E-state index is -0.348. The Bertz CT molecular complexity index is 394. The summed E-state index contributed by atoms with van der Waals surface area (Å²) in [5.41, 5.74) is 0. The highest BCUT2D eigenvalue weighted by atomic mass is 16.1. The molecule has 0 aliphatic rings. The van der Waals surface area contributed by atoms with Crippen molar-refractivity contribution in [1.29, 1.82) is 0 Å². The maximum atomic E-state index is 11.4. The summed E-state index contributed by atoms with van der Waals surface area (Å²) in [6.45, 7) is 7.75. The van der Waals surface area contributed by atoms with Crippen molar-refractivity contribution in [1.82, 2.24) is 5.32 Å². The Morgan fingerprint density at radius 2 is 0.839 bits per heavy atom. The molecule has 0 radical (unpaired) electrons. The number of hydrogen-bond acceptors (Lipinski definition) is 3. The van der Waals surface area contributed by atoms with Crippen LogP contribution in [0, 0.1) is 5.92 Å². The van der Waals surface area contributed by atoms with Crippen LogP contribution in [0.1, 0.15) is 149 Å². The van der Waals surface area contributed by atoms with Gasteiger partial charge in [-0.25, -0.2) is 0 Å². The second-order valence-electron chi connectivity index (χ2n) is 9.68. The van der Waals surface area contributed by atoms with Crippen molar-refractivity contribution >= 4 is 11.6 Å². The van der Waals surface area contributed by atoms with Crippen LogP contribution in [0.3, 0.4) is 0 Å². The summed E-state index contributed by atoms with van der Waals surface area (Å²) >= 11 is 0. The molecule has 0 unspecified atom stereocenters. The summed E-state index contributed by atoms with van der Waals surface area (Å²) in [5, 5.41) is 3.61. The highest BCUT2D eigenvalue weighted by Crippen LogP contribution is 2.15. The van der Waals surface area contributed by atoms with Crippen molar-refractivity contribution in [3.8, 4) is 0 Å². The van der Waals surface area contributed by atoms with Crippen LogP contribution in [0.4, 0.5) is 0 Å². The molecule has 3 heteroatoms. The lowest BCUT2D eigenvalue weighted by atomic mass is 9.93. The van der Waals surface area contributed by atoms with Crippen molar-refractivity contribution in [2.45, 2.75) is 149 Å². The fraction of sp³-hybridized carbons (Fsp3) is 0.929. The van der Waals surface area contributed by atoms with Crippen molar-refractivity contribution < 1.29 is 9.59 Å². The summed E-state index contributed by atoms with van der Waals surface area (Å²) in [6.07, 6.45) is 26.3. The zero-order valence-electron chi connectivity index (χ0n) is 21.5. The van der Waals surface area contributed by atoms with E-state index >= 15 is 0 Å². The minimum Gasteiger partial charge on any atom is -0.317 e. The molecule has 0 aromatic rings. The lowest BCUT2D eigenvalue weighted by molar-refractivity contribution is -0.130. The zero-order chi connectivity index (χ0) is 23.0. The fourth-order valence-corrected chi connectivity index (χ4v) is 4.39. The molecule has 0 aliphatic heterocycles. The average Bonchev–Trinajstić information content (AvgIpc) is 2.73. The van der Waals surface area contributed by atoms with Gasteiger partial charge in [0.15, 0.2) is 0 Å². The molecule has 0 amide bonds. The van der Waals surface area contributed by atoms with E-state index in [0.29, 0.717) is 0 Å². The molecule has 0 saturated carbocycles. The van der Waals surface area contributed by atoms with Crippen LogP contribution in [0.25, 0.3) is 0 Å². The number of ketones is 2. The number of unbranched alkanes of at least 4 members (excludes halogenated alkanes) is 17. The van der Waals surface area contributed by atoms with Crippen molar-refractivity contribution in [3.63, 3.8) is 0 Å². The molecule has 0 aromatic heterocycles. The lowest BCUT2D eigenvalue weighted by Gasteiger charge is -2.09. The van der Waals surface area contributed by atoms with Gasteiger partial charge in [0.05, 0.1) is 5.92 Å². The predicted molar refractivity (Wildman–Crippen MR) is 136 cm³/mol. The highest BCUT2D eigenvalue weighted by molar-refractivity contribution is 6.00. The van der Waals surface area contributed by atoms with Crippen molar-refractivity contribution in [3.05, 3.63) is 0 Å². The first-order chi connectivity index (χ1) is 15.1. The average molecular weight is 438 g/mol. The van der Waals surface area contributed by atoms with Crippen LogP contribution in [0.15, 0.2) is 0 Å². The molecule has 0 bridgehead atoms. The number of Topliss-reactive ketones (excluding diaryl/α,β-unsaturated/α-hetero) is 2. The SMILES string of the molecule is CCCCCCCCCCCCNCCCCCCCCCCCC(C(C)=O)C(C)=O. The molecule has 3 nitrogen and oxygen atoms in total. The van der Waals surface area contributed by atoms with Gasteiger partial charge in [0, 0.05) is 0 Å². The third kappa shape index (κ3) is 22.3. The van der Waals surface area contributed by atoms with Crippen molar-refractivity contribution in [2.75, 3.05) is 13.1 Å². The Balaban J connectivity index is 3.16. The third-order valence-electron chi connectivity index (χ3n) is 6.53. The molecule has 0 spiro atoms. The molecule has 184 valence electrons. The van der Waals surface area contributed by atoms with Crippen LogP contribution in [0.2, 0.25) is 0 Å². The number of hydrogen-bond donors (Lipinski definition) is 1. The summed E-state index contributed by atoms with van der Waals surface area (Å²) in [6, 6.07) is 0. The van der Waals surface area contributed by atoms with E-state index in [0.717, 1.165) is 19.3 Å². The van der Waals surface area contributed by atoms with Gasteiger partial charge in [-0.2, -0.15) is 0 Å². The van der Waals surface area contributed by atoms with Gasteiger partial charge in [0.2, 0.25) is 0 Å². The van der Waals surface area contributed by atoms with Gasteiger partial charge in [-0.1, -0.05) is 116 Å². The number of rotatable bonds is 25. The molecule has 0 rings (SSSR count). The Kier molecular flexibility index (Phi) is 23.4. The molecule has 0 atom stereocenters. The van der Waals surface area contributed by atoms with Gasteiger partial charge < -0.3 is 5.32 Å². The van der Waals surface area contributed by atoms with E-state index in [2.05, 4.69) is 12.2 Å². The first kappa shape index (κ1) is 30.3. The monoisotopic (exact) mass is 437 g/mol. The van der Waals surface area contributed by atoms with Gasteiger partial charge in [0.1, 0.15) is 11.6 Å². The van der Waals surface area contributed by atoms with E-state index in [1.165, 1.54) is 122 Å². The number of nitrogens with one attached hydrogen (secondary N) is 1. The summed E-state index contributed by atoms with van der Waals surface area (Å²) in [4.78, 5) is 22.8. The van der Waals surface area contributed by atoms with E-state index in [4.69, 9.17) is 0 Å². The van der Waals surface area contributed by atoms with Crippen LogP contribution >= 0.6 is 0 Å². The van der Waals surface area contributed by atoms with Crippen LogP contribution in [-0.2, 0) is 9.59 Å². The molecule has 0 saturated heterocycles. The van der Waals surface area contributed by atoms with E-state index in [1.807, 2.05) is 0 Å². The smallest absolute Gasteiger partial charge is 0.140 e. The number of carbonyl (C=O) groups is 2. The first-order valence-corrected chi connectivity index (χ1v) is 13.8. The van der Waals surface area contributed by atoms with Crippen LogP contribution in [-0.4, -0.2) is 24.7 Å². The zero-order valence-corrected chi connectivity index (χ0v) is 21.5. The largest absolute Gasteiger partial charge is 0.317 e.